The Hall–Kier alpha value is -0.750. The van der Waals surface area contributed by atoms with Crippen molar-refractivity contribution in [2.45, 2.75) is 13.0 Å². The van der Waals surface area contributed by atoms with E-state index in [-0.39, 0.29) is 0 Å². The zero-order chi connectivity index (χ0) is 10.4. The van der Waals surface area contributed by atoms with Crippen molar-refractivity contribution in [1.82, 2.24) is 5.32 Å². The molecule has 0 unspecified atom stereocenters. The van der Waals surface area contributed by atoms with E-state index in [0.29, 0.717) is 29.6 Å². The average molecular weight is 229 g/mol. The van der Waals surface area contributed by atoms with Crippen molar-refractivity contribution in [3.63, 3.8) is 0 Å². The van der Waals surface area contributed by atoms with Crippen LogP contribution in [0.4, 0.5) is 0 Å². The average Bonchev–Trinajstić information content (AvgIpc) is 2.16. The third-order valence-electron chi connectivity index (χ3n) is 1.78. The number of nitriles is 1. The van der Waals surface area contributed by atoms with Gasteiger partial charge in [-0.3, -0.25) is 0 Å². The summed E-state index contributed by atoms with van der Waals surface area (Å²) in [5.74, 6) is 0. The standard InChI is InChI=1S/C10H10Cl2N2/c11-9-3-1-4-10(12)8(9)7-14-6-2-5-13/h1,3-4,14H,2,6-7H2. The van der Waals surface area contributed by atoms with Crippen molar-refractivity contribution in [2.75, 3.05) is 6.54 Å². The Labute approximate surface area is 93.4 Å². The van der Waals surface area contributed by atoms with Gasteiger partial charge in [0.05, 0.1) is 6.07 Å². The maximum atomic E-state index is 8.33. The summed E-state index contributed by atoms with van der Waals surface area (Å²) < 4.78 is 0. The van der Waals surface area contributed by atoms with Crippen LogP contribution in [0.2, 0.25) is 10.0 Å². The lowest BCUT2D eigenvalue weighted by Crippen LogP contribution is -2.14. The molecule has 4 heteroatoms. The molecule has 0 radical (unpaired) electrons. The van der Waals surface area contributed by atoms with E-state index in [0.717, 1.165) is 5.56 Å². The first kappa shape index (κ1) is 11.3. The number of benzene rings is 1. The first-order chi connectivity index (χ1) is 6.75. The summed E-state index contributed by atoms with van der Waals surface area (Å²) in [6.45, 7) is 1.25. The van der Waals surface area contributed by atoms with Gasteiger partial charge >= 0.3 is 0 Å². The molecule has 2 nitrogen and oxygen atoms in total. The van der Waals surface area contributed by atoms with Gasteiger partial charge in [-0.1, -0.05) is 29.3 Å². The molecule has 1 rings (SSSR count). The van der Waals surface area contributed by atoms with E-state index in [1.54, 1.807) is 12.1 Å². The van der Waals surface area contributed by atoms with Crippen LogP contribution in [0.3, 0.4) is 0 Å². The fourth-order valence-electron chi connectivity index (χ4n) is 1.06. The molecular weight excluding hydrogens is 219 g/mol. The third kappa shape index (κ3) is 3.19. The van der Waals surface area contributed by atoms with Crippen LogP contribution in [0.15, 0.2) is 18.2 Å². The minimum absolute atomic E-state index is 0.488. The molecule has 0 atom stereocenters. The van der Waals surface area contributed by atoms with Crippen molar-refractivity contribution in [1.29, 1.82) is 5.26 Å². The molecule has 74 valence electrons. The van der Waals surface area contributed by atoms with Crippen LogP contribution < -0.4 is 5.32 Å². The van der Waals surface area contributed by atoms with Crippen LogP contribution in [-0.2, 0) is 6.54 Å². The van der Waals surface area contributed by atoms with Gasteiger partial charge in [0.2, 0.25) is 0 Å². The van der Waals surface area contributed by atoms with E-state index in [1.165, 1.54) is 0 Å². The molecule has 0 aliphatic carbocycles. The number of nitrogens with zero attached hydrogens (tertiary/aromatic N) is 1. The summed E-state index contributed by atoms with van der Waals surface area (Å²) >= 11 is 11.9. The maximum Gasteiger partial charge on any atom is 0.0635 e. The van der Waals surface area contributed by atoms with Crippen LogP contribution in [0.25, 0.3) is 0 Å². The zero-order valence-electron chi connectivity index (χ0n) is 7.56. The van der Waals surface area contributed by atoms with Crippen LogP contribution in [-0.4, -0.2) is 6.54 Å². The Kier molecular flexibility index (Phi) is 4.75. The van der Waals surface area contributed by atoms with Gasteiger partial charge < -0.3 is 5.32 Å². The van der Waals surface area contributed by atoms with Crippen molar-refractivity contribution in [3.05, 3.63) is 33.8 Å². The summed E-state index contributed by atoms with van der Waals surface area (Å²) in [5, 5.41) is 12.7. The molecule has 0 aliphatic rings. The molecule has 0 aromatic heterocycles. The summed E-state index contributed by atoms with van der Waals surface area (Å²) in [5.41, 5.74) is 0.883. The molecule has 1 aromatic carbocycles. The van der Waals surface area contributed by atoms with Gasteiger partial charge in [0.25, 0.3) is 0 Å². The summed E-state index contributed by atoms with van der Waals surface area (Å²) in [4.78, 5) is 0. The number of hydrogen-bond donors (Lipinski definition) is 1. The lowest BCUT2D eigenvalue weighted by Gasteiger charge is -2.06. The van der Waals surface area contributed by atoms with Gasteiger partial charge in [-0.15, -0.1) is 0 Å². The van der Waals surface area contributed by atoms with Crippen molar-refractivity contribution in [2.24, 2.45) is 0 Å². The largest absolute Gasteiger partial charge is 0.312 e. The van der Waals surface area contributed by atoms with Crippen LogP contribution >= 0.6 is 23.2 Å². The molecule has 0 fully saturated rings. The molecule has 0 heterocycles. The molecule has 1 aromatic rings. The maximum absolute atomic E-state index is 8.33. The van der Waals surface area contributed by atoms with E-state index in [9.17, 15) is 0 Å². The lowest BCUT2D eigenvalue weighted by molar-refractivity contribution is 0.699. The van der Waals surface area contributed by atoms with Gasteiger partial charge in [0, 0.05) is 35.1 Å². The fraction of sp³-hybridized carbons (Fsp3) is 0.300. The summed E-state index contributed by atoms with van der Waals surface area (Å²) in [6, 6.07) is 7.46. The predicted octanol–water partition coefficient (Wildman–Crippen LogP) is 3.00. The first-order valence-electron chi connectivity index (χ1n) is 4.26. The Morgan fingerprint density at radius 1 is 1.29 bits per heavy atom. The Morgan fingerprint density at radius 2 is 1.93 bits per heavy atom. The monoisotopic (exact) mass is 228 g/mol. The minimum Gasteiger partial charge on any atom is -0.312 e. The Morgan fingerprint density at radius 3 is 2.50 bits per heavy atom. The van der Waals surface area contributed by atoms with E-state index >= 15 is 0 Å². The lowest BCUT2D eigenvalue weighted by atomic mass is 10.2. The van der Waals surface area contributed by atoms with Gasteiger partial charge in [0.1, 0.15) is 0 Å². The van der Waals surface area contributed by atoms with Crippen molar-refractivity contribution < 1.29 is 0 Å². The fourth-order valence-corrected chi connectivity index (χ4v) is 1.59. The smallest absolute Gasteiger partial charge is 0.0635 e. The van der Waals surface area contributed by atoms with Crippen LogP contribution in [0.5, 0.6) is 0 Å². The highest BCUT2D eigenvalue weighted by Gasteiger charge is 2.03. The first-order valence-corrected chi connectivity index (χ1v) is 5.02. The predicted molar refractivity (Wildman–Crippen MR) is 58.4 cm³/mol. The molecule has 0 saturated carbocycles. The van der Waals surface area contributed by atoms with E-state index < -0.39 is 0 Å². The SMILES string of the molecule is N#CCCNCc1c(Cl)cccc1Cl. The molecule has 0 aliphatic heterocycles. The van der Waals surface area contributed by atoms with E-state index in [2.05, 4.69) is 11.4 Å². The second kappa shape index (κ2) is 5.87. The van der Waals surface area contributed by atoms with E-state index in [4.69, 9.17) is 28.5 Å². The van der Waals surface area contributed by atoms with Gasteiger partial charge in [-0.25, -0.2) is 0 Å². The van der Waals surface area contributed by atoms with Crippen molar-refractivity contribution >= 4 is 23.2 Å². The Balaban J connectivity index is 2.54. The highest BCUT2D eigenvalue weighted by molar-refractivity contribution is 6.35. The van der Waals surface area contributed by atoms with Crippen LogP contribution in [0, 0.1) is 11.3 Å². The molecule has 0 amide bonds. The van der Waals surface area contributed by atoms with Crippen LogP contribution in [0.1, 0.15) is 12.0 Å². The highest BCUT2D eigenvalue weighted by Crippen LogP contribution is 2.23. The normalized spacial score (nSPS) is 9.79. The topological polar surface area (TPSA) is 35.8 Å². The molecule has 1 N–H and O–H groups in total. The molecule has 0 spiro atoms. The molecule has 0 saturated heterocycles. The second-order valence-electron chi connectivity index (χ2n) is 2.79. The summed E-state index contributed by atoms with van der Waals surface area (Å²) in [6.07, 6.45) is 0.488. The zero-order valence-corrected chi connectivity index (χ0v) is 9.07. The number of halogens is 2. The molecule has 14 heavy (non-hydrogen) atoms. The molecule has 0 bridgehead atoms. The highest BCUT2D eigenvalue weighted by atomic mass is 35.5. The number of nitrogens with one attached hydrogen (secondary N) is 1. The van der Waals surface area contributed by atoms with Gasteiger partial charge in [-0.05, 0) is 12.1 Å². The van der Waals surface area contributed by atoms with Gasteiger partial charge in [-0.2, -0.15) is 5.26 Å². The number of hydrogen-bond acceptors (Lipinski definition) is 2. The molecular formula is C10H10Cl2N2. The third-order valence-corrected chi connectivity index (χ3v) is 2.49. The van der Waals surface area contributed by atoms with Gasteiger partial charge in [0.15, 0.2) is 0 Å². The van der Waals surface area contributed by atoms with E-state index in [1.807, 2.05) is 6.07 Å². The number of rotatable bonds is 4. The van der Waals surface area contributed by atoms with Crippen molar-refractivity contribution in [3.8, 4) is 6.07 Å². The summed E-state index contributed by atoms with van der Waals surface area (Å²) in [7, 11) is 0. The second-order valence-corrected chi connectivity index (χ2v) is 3.60. The minimum atomic E-state index is 0.488. The Bertz CT molecular complexity index is 324. The quantitative estimate of drug-likeness (QED) is 0.805.